The number of aliphatic carboxylic acids is 1. The Morgan fingerprint density at radius 3 is 2.48 bits per heavy atom. The number of carbonyl (C=O) groups is 2. The maximum Gasteiger partial charge on any atom is 0.321 e. The van der Waals surface area contributed by atoms with Gasteiger partial charge in [0.25, 0.3) is 0 Å². The number of carbonyl (C=O) groups excluding carboxylic acids is 1. The lowest BCUT2D eigenvalue weighted by atomic mass is 10.1. The molecule has 5 heteroatoms. The second-order valence-electron chi connectivity index (χ2n) is 5.76. The van der Waals surface area contributed by atoms with E-state index in [1.165, 1.54) is 0 Å². The molecule has 1 aromatic carbocycles. The number of benzene rings is 1. The van der Waals surface area contributed by atoms with E-state index in [2.05, 4.69) is 10.6 Å². The molecule has 21 heavy (non-hydrogen) atoms. The van der Waals surface area contributed by atoms with E-state index in [4.69, 9.17) is 5.11 Å². The molecule has 3 N–H and O–H groups in total. The number of nitrogens with one attached hydrogen (secondary N) is 2. The van der Waals surface area contributed by atoms with E-state index in [1.54, 1.807) is 0 Å². The van der Waals surface area contributed by atoms with Gasteiger partial charge in [-0.05, 0) is 43.5 Å². The van der Waals surface area contributed by atoms with E-state index in [0.29, 0.717) is 12.5 Å². The van der Waals surface area contributed by atoms with Crippen molar-refractivity contribution in [2.24, 2.45) is 5.92 Å². The highest BCUT2D eigenvalue weighted by Crippen LogP contribution is 2.16. The summed E-state index contributed by atoms with van der Waals surface area (Å²) in [6, 6.07) is 4.91. The van der Waals surface area contributed by atoms with Gasteiger partial charge in [-0.3, -0.25) is 9.59 Å². The molecule has 1 amide bonds. The molecule has 1 atom stereocenters. The third kappa shape index (κ3) is 5.95. The van der Waals surface area contributed by atoms with Crippen LogP contribution in [-0.4, -0.2) is 29.6 Å². The molecule has 1 unspecified atom stereocenters. The Morgan fingerprint density at radius 2 is 1.90 bits per heavy atom. The summed E-state index contributed by atoms with van der Waals surface area (Å²) in [5.41, 5.74) is 2.73. The third-order valence-electron chi connectivity index (χ3n) is 3.13. The van der Waals surface area contributed by atoms with Gasteiger partial charge in [0.1, 0.15) is 6.04 Å². The topological polar surface area (TPSA) is 78.4 Å². The highest BCUT2D eigenvalue weighted by atomic mass is 16.4. The van der Waals surface area contributed by atoms with Gasteiger partial charge in [-0.15, -0.1) is 0 Å². The van der Waals surface area contributed by atoms with Crippen LogP contribution in [0.3, 0.4) is 0 Å². The second-order valence-corrected chi connectivity index (χ2v) is 5.76. The van der Waals surface area contributed by atoms with Crippen LogP contribution in [-0.2, 0) is 9.59 Å². The fraction of sp³-hybridized carbons (Fsp3) is 0.500. The normalized spacial score (nSPS) is 12.2. The first-order valence-corrected chi connectivity index (χ1v) is 7.13. The number of amides is 1. The molecule has 0 aliphatic rings. The Labute approximate surface area is 125 Å². The highest BCUT2D eigenvalue weighted by molar-refractivity contribution is 5.94. The zero-order valence-electron chi connectivity index (χ0n) is 13.1. The molecule has 0 bridgehead atoms. The van der Waals surface area contributed by atoms with Crippen molar-refractivity contribution in [2.75, 3.05) is 11.9 Å². The van der Waals surface area contributed by atoms with Crippen LogP contribution in [0, 0.1) is 19.8 Å². The first kappa shape index (κ1) is 17.2. The summed E-state index contributed by atoms with van der Waals surface area (Å²) in [5, 5.41) is 14.8. The van der Waals surface area contributed by atoms with Gasteiger partial charge in [-0.2, -0.15) is 0 Å². The summed E-state index contributed by atoms with van der Waals surface area (Å²) in [6.07, 6.45) is -0.0879. The molecule has 0 radical (unpaired) electrons. The van der Waals surface area contributed by atoms with Gasteiger partial charge in [-0.1, -0.05) is 26.0 Å². The van der Waals surface area contributed by atoms with Crippen LogP contribution in [0.2, 0.25) is 0 Å². The molecule has 0 aliphatic heterocycles. The summed E-state index contributed by atoms with van der Waals surface area (Å²) in [4.78, 5) is 23.2. The van der Waals surface area contributed by atoms with Crippen molar-refractivity contribution in [3.8, 4) is 0 Å². The Morgan fingerprint density at radius 1 is 1.24 bits per heavy atom. The average molecular weight is 292 g/mol. The first-order chi connectivity index (χ1) is 9.79. The van der Waals surface area contributed by atoms with Crippen LogP contribution in [0.1, 0.15) is 31.4 Å². The molecule has 0 heterocycles. The van der Waals surface area contributed by atoms with Gasteiger partial charge in [0.15, 0.2) is 0 Å². The van der Waals surface area contributed by atoms with Crippen LogP contribution < -0.4 is 10.6 Å². The SMILES string of the molecule is Cc1ccc(C)c(NC(=O)CC(NCC(C)C)C(=O)O)c1. The van der Waals surface area contributed by atoms with Gasteiger partial charge in [0.05, 0.1) is 6.42 Å². The Balaban J connectivity index is 2.65. The van der Waals surface area contributed by atoms with Crippen LogP contribution in [0.25, 0.3) is 0 Å². The minimum absolute atomic E-state index is 0.0879. The molecule has 5 nitrogen and oxygen atoms in total. The predicted molar refractivity (Wildman–Crippen MR) is 83.4 cm³/mol. The largest absolute Gasteiger partial charge is 0.480 e. The quantitative estimate of drug-likeness (QED) is 0.720. The van der Waals surface area contributed by atoms with Crippen molar-refractivity contribution < 1.29 is 14.7 Å². The molecule has 0 spiro atoms. The van der Waals surface area contributed by atoms with E-state index < -0.39 is 12.0 Å². The third-order valence-corrected chi connectivity index (χ3v) is 3.13. The van der Waals surface area contributed by atoms with E-state index in [9.17, 15) is 9.59 Å². The number of carboxylic acids is 1. The molecule has 0 saturated carbocycles. The number of rotatable bonds is 7. The summed E-state index contributed by atoms with van der Waals surface area (Å²) >= 11 is 0. The maximum atomic E-state index is 12.0. The van der Waals surface area contributed by atoms with Gasteiger partial charge in [-0.25, -0.2) is 0 Å². The Kier molecular flexibility index (Phi) is 6.37. The van der Waals surface area contributed by atoms with Crippen molar-refractivity contribution in [3.05, 3.63) is 29.3 Å². The van der Waals surface area contributed by atoms with E-state index in [0.717, 1.165) is 16.8 Å². The van der Waals surface area contributed by atoms with Crippen LogP contribution in [0.15, 0.2) is 18.2 Å². The number of aryl methyl sites for hydroxylation is 2. The minimum Gasteiger partial charge on any atom is -0.480 e. The minimum atomic E-state index is -1.01. The van der Waals surface area contributed by atoms with E-state index in [1.807, 2.05) is 45.9 Å². The lowest BCUT2D eigenvalue weighted by Gasteiger charge is -2.16. The van der Waals surface area contributed by atoms with Gasteiger partial charge >= 0.3 is 5.97 Å². The maximum absolute atomic E-state index is 12.0. The fourth-order valence-electron chi connectivity index (χ4n) is 1.88. The van der Waals surface area contributed by atoms with Crippen molar-refractivity contribution in [3.63, 3.8) is 0 Å². The van der Waals surface area contributed by atoms with Crippen LogP contribution in [0.5, 0.6) is 0 Å². The first-order valence-electron chi connectivity index (χ1n) is 7.13. The Bertz CT molecular complexity index is 512. The number of anilines is 1. The van der Waals surface area contributed by atoms with E-state index >= 15 is 0 Å². The summed E-state index contributed by atoms with van der Waals surface area (Å²) in [7, 11) is 0. The summed E-state index contributed by atoms with van der Waals surface area (Å²) in [5.74, 6) is -0.979. The molecule has 116 valence electrons. The number of hydrogen-bond donors (Lipinski definition) is 3. The smallest absolute Gasteiger partial charge is 0.321 e. The second kappa shape index (κ2) is 7.78. The lowest BCUT2D eigenvalue weighted by Crippen LogP contribution is -2.41. The molecular weight excluding hydrogens is 268 g/mol. The van der Waals surface area contributed by atoms with Crippen molar-refractivity contribution >= 4 is 17.6 Å². The van der Waals surface area contributed by atoms with E-state index in [-0.39, 0.29) is 12.3 Å². The molecule has 0 saturated heterocycles. The fourth-order valence-corrected chi connectivity index (χ4v) is 1.88. The molecular formula is C16H24N2O3. The molecule has 1 aromatic rings. The van der Waals surface area contributed by atoms with Crippen molar-refractivity contribution in [1.29, 1.82) is 0 Å². The van der Waals surface area contributed by atoms with Crippen molar-refractivity contribution in [1.82, 2.24) is 5.32 Å². The molecule has 0 aromatic heterocycles. The number of hydrogen-bond acceptors (Lipinski definition) is 3. The predicted octanol–water partition coefficient (Wildman–Crippen LogP) is 2.33. The molecule has 0 fully saturated rings. The van der Waals surface area contributed by atoms with Crippen molar-refractivity contribution in [2.45, 2.75) is 40.2 Å². The number of carboxylic acid groups (broad SMARTS) is 1. The summed E-state index contributed by atoms with van der Waals surface area (Å²) < 4.78 is 0. The zero-order valence-corrected chi connectivity index (χ0v) is 13.1. The highest BCUT2D eigenvalue weighted by Gasteiger charge is 2.21. The molecule has 1 rings (SSSR count). The standard InChI is InChI=1S/C16H24N2O3/c1-10(2)9-17-14(16(20)21)8-15(19)18-13-7-11(3)5-6-12(13)4/h5-7,10,14,17H,8-9H2,1-4H3,(H,18,19)(H,20,21). The van der Waals surface area contributed by atoms with Crippen LogP contribution >= 0.6 is 0 Å². The zero-order chi connectivity index (χ0) is 16.0. The van der Waals surface area contributed by atoms with Gasteiger partial charge in [0, 0.05) is 5.69 Å². The molecule has 0 aliphatic carbocycles. The van der Waals surface area contributed by atoms with Crippen LogP contribution in [0.4, 0.5) is 5.69 Å². The Hall–Kier alpha value is -1.88. The summed E-state index contributed by atoms with van der Waals surface area (Å²) in [6.45, 7) is 8.39. The lowest BCUT2D eigenvalue weighted by molar-refractivity contribution is -0.141. The monoisotopic (exact) mass is 292 g/mol. The van der Waals surface area contributed by atoms with Gasteiger partial charge in [0.2, 0.25) is 5.91 Å². The van der Waals surface area contributed by atoms with Gasteiger partial charge < -0.3 is 15.7 Å². The average Bonchev–Trinajstić information content (AvgIpc) is 2.38.